The van der Waals surface area contributed by atoms with Gasteiger partial charge in [0.25, 0.3) is 0 Å². The van der Waals surface area contributed by atoms with Crippen LogP contribution in [0.1, 0.15) is 30.0 Å². The molecule has 0 aliphatic carbocycles. The van der Waals surface area contributed by atoms with Crippen molar-refractivity contribution in [2.24, 2.45) is 7.05 Å². The van der Waals surface area contributed by atoms with Gasteiger partial charge < -0.3 is 4.74 Å². The summed E-state index contributed by atoms with van der Waals surface area (Å²) in [5, 5.41) is 10.7. The first kappa shape index (κ1) is 22.9. The Hall–Kier alpha value is -3.80. The van der Waals surface area contributed by atoms with Crippen molar-refractivity contribution in [3.63, 3.8) is 0 Å². The molecule has 0 aliphatic rings. The number of pyridine rings is 2. The molecular weight excluding hydrogens is 434 g/mol. The van der Waals surface area contributed by atoms with E-state index in [0.29, 0.717) is 34.0 Å². The molecule has 0 radical (unpaired) electrons. The van der Waals surface area contributed by atoms with Crippen molar-refractivity contribution in [1.82, 2.24) is 25.0 Å². The fourth-order valence-corrected chi connectivity index (χ4v) is 3.58. The first-order valence-corrected chi connectivity index (χ1v) is 11.4. The highest BCUT2D eigenvalue weighted by atomic mass is 32.2. The first-order valence-electron chi connectivity index (χ1n) is 9.49. The van der Waals surface area contributed by atoms with E-state index in [0.717, 1.165) is 6.26 Å². The molecule has 0 bridgehead atoms. The molecule has 0 unspecified atom stereocenters. The number of ether oxygens (including phenoxy) is 1. The van der Waals surface area contributed by atoms with Gasteiger partial charge in [-0.2, -0.15) is 0 Å². The van der Waals surface area contributed by atoms with Gasteiger partial charge in [0.15, 0.2) is 11.5 Å². The standard InChI is InChI=1S/C20H23N7O4S/c1-6-15-14(8-7-11-21-15)13(3)31-20(28)23-19-18(24-26-27(19)4)17-10-9-16(12(2)22-17)25-32(5,29)30/h6-11,13,25H,1H2,2-5H3,(H,23,28)/t13-/m1/s1. The van der Waals surface area contributed by atoms with Crippen LogP contribution in [-0.4, -0.2) is 45.7 Å². The smallest absolute Gasteiger partial charge is 0.413 e. The summed E-state index contributed by atoms with van der Waals surface area (Å²) in [5.74, 6) is 0.271. The lowest BCUT2D eigenvalue weighted by Crippen LogP contribution is -2.19. The number of hydrogen-bond donors (Lipinski definition) is 2. The number of nitrogens with zero attached hydrogens (tertiary/aromatic N) is 5. The third-order valence-corrected chi connectivity index (χ3v) is 5.05. The molecule has 0 aromatic carbocycles. The highest BCUT2D eigenvalue weighted by Crippen LogP contribution is 2.27. The summed E-state index contributed by atoms with van der Waals surface area (Å²) in [6, 6.07) is 6.70. The Labute approximate surface area is 185 Å². The van der Waals surface area contributed by atoms with Gasteiger partial charge in [-0.15, -0.1) is 5.10 Å². The third-order valence-electron chi connectivity index (χ3n) is 4.46. The molecule has 0 spiro atoms. The molecule has 2 N–H and O–H groups in total. The van der Waals surface area contributed by atoms with Crippen LogP contribution >= 0.6 is 0 Å². The number of amides is 1. The lowest BCUT2D eigenvalue weighted by Gasteiger charge is -2.16. The highest BCUT2D eigenvalue weighted by molar-refractivity contribution is 7.92. The van der Waals surface area contributed by atoms with Crippen molar-refractivity contribution in [2.45, 2.75) is 20.0 Å². The van der Waals surface area contributed by atoms with Crippen LogP contribution in [0.15, 0.2) is 37.0 Å². The highest BCUT2D eigenvalue weighted by Gasteiger charge is 2.21. The summed E-state index contributed by atoms with van der Waals surface area (Å²) in [6.45, 7) is 7.10. The second kappa shape index (κ2) is 9.14. The van der Waals surface area contributed by atoms with Crippen molar-refractivity contribution >= 4 is 33.7 Å². The zero-order chi connectivity index (χ0) is 23.5. The number of hydrogen-bond acceptors (Lipinski definition) is 8. The zero-order valence-electron chi connectivity index (χ0n) is 18.0. The molecule has 0 fully saturated rings. The minimum Gasteiger partial charge on any atom is -0.441 e. The topological polar surface area (TPSA) is 141 Å². The Balaban J connectivity index is 1.81. The Morgan fingerprint density at radius 2 is 2.06 bits per heavy atom. The van der Waals surface area contributed by atoms with Crippen LogP contribution in [0, 0.1) is 6.92 Å². The number of sulfonamides is 1. The lowest BCUT2D eigenvalue weighted by molar-refractivity contribution is 0.120. The largest absolute Gasteiger partial charge is 0.441 e. The van der Waals surface area contributed by atoms with E-state index in [2.05, 4.69) is 36.9 Å². The summed E-state index contributed by atoms with van der Waals surface area (Å²) < 4.78 is 32.2. The van der Waals surface area contributed by atoms with E-state index in [1.165, 1.54) is 4.68 Å². The number of rotatable bonds is 7. The van der Waals surface area contributed by atoms with Crippen molar-refractivity contribution in [3.8, 4) is 11.4 Å². The Morgan fingerprint density at radius 3 is 2.72 bits per heavy atom. The van der Waals surface area contributed by atoms with Crippen molar-refractivity contribution in [1.29, 1.82) is 0 Å². The second-order valence-corrected chi connectivity index (χ2v) is 8.72. The molecule has 11 nitrogen and oxygen atoms in total. The third kappa shape index (κ3) is 5.27. The summed E-state index contributed by atoms with van der Waals surface area (Å²) in [4.78, 5) is 21.1. The fraction of sp³-hybridized carbons (Fsp3) is 0.250. The molecule has 168 valence electrons. The van der Waals surface area contributed by atoms with Gasteiger partial charge in [0, 0.05) is 18.8 Å². The summed E-state index contributed by atoms with van der Waals surface area (Å²) in [7, 11) is -1.83. The van der Waals surface area contributed by atoms with Gasteiger partial charge in [0.05, 0.1) is 29.0 Å². The van der Waals surface area contributed by atoms with Gasteiger partial charge in [-0.25, -0.2) is 22.9 Å². The fourth-order valence-electron chi connectivity index (χ4n) is 2.96. The quantitative estimate of drug-likeness (QED) is 0.552. The van der Waals surface area contributed by atoms with Gasteiger partial charge in [-0.05, 0) is 38.1 Å². The van der Waals surface area contributed by atoms with Crippen molar-refractivity contribution in [2.75, 3.05) is 16.3 Å². The Kier molecular flexibility index (Phi) is 6.53. The van der Waals surface area contributed by atoms with Gasteiger partial charge >= 0.3 is 6.09 Å². The van der Waals surface area contributed by atoms with E-state index >= 15 is 0 Å². The van der Waals surface area contributed by atoms with Gasteiger partial charge in [-0.3, -0.25) is 15.0 Å². The predicted octanol–water partition coefficient (Wildman–Crippen LogP) is 2.90. The van der Waals surface area contributed by atoms with Crippen LogP contribution in [-0.2, 0) is 21.8 Å². The summed E-state index contributed by atoms with van der Waals surface area (Å²) >= 11 is 0. The lowest BCUT2D eigenvalue weighted by atomic mass is 10.1. The number of carbonyl (C=O) groups excluding carboxylic acids is 1. The van der Waals surface area contributed by atoms with Crippen LogP contribution in [0.4, 0.5) is 16.3 Å². The van der Waals surface area contributed by atoms with Crippen LogP contribution in [0.5, 0.6) is 0 Å². The molecule has 3 heterocycles. The summed E-state index contributed by atoms with van der Waals surface area (Å²) in [5.41, 5.74) is 2.83. The average Bonchev–Trinajstić information content (AvgIpc) is 3.08. The number of aryl methyl sites for hydroxylation is 2. The van der Waals surface area contributed by atoms with Crippen LogP contribution in [0.2, 0.25) is 0 Å². The van der Waals surface area contributed by atoms with Gasteiger partial charge in [0.2, 0.25) is 10.0 Å². The number of nitrogens with one attached hydrogen (secondary N) is 2. The minimum absolute atomic E-state index is 0.271. The Morgan fingerprint density at radius 1 is 1.31 bits per heavy atom. The minimum atomic E-state index is -3.44. The molecule has 0 aliphatic heterocycles. The molecular formula is C20H23N7O4S. The summed E-state index contributed by atoms with van der Waals surface area (Å²) in [6.07, 6.45) is 2.98. The number of carbonyl (C=O) groups is 1. The molecule has 0 saturated heterocycles. The number of aromatic nitrogens is 5. The SMILES string of the molecule is C=Cc1ncccc1[C@@H](C)OC(=O)Nc1c(-c2ccc(NS(C)(=O)=O)c(C)n2)nnn1C. The maximum Gasteiger partial charge on any atom is 0.413 e. The molecule has 1 amide bonds. The maximum absolute atomic E-state index is 12.6. The van der Waals surface area contributed by atoms with Crippen molar-refractivity contribution < 1.29 is 17.9 Å². The van der Waals surface area contributed by atoms with Crippen LogP contribution in [0.25, 0.3) is 17.5 Å². The maximum atomic E-state index is 12.6. The zero-order valence-corrected chi connectivity index (χ0v) is 18.8. The van der Waals surface area contributed by atoms with Crippen LogP contribution in [0.3, 0.4) is 0 Å². The molecule has 1 atom stereocenters. The molecule has 32 heavy (non-hydrogen) atoms. The predicted molar refractivity (Wildman–Crippen MR) is 120 cm³/mol. The normalized spacial score (nSPS) is 12.1. The molecule has 0 saturated carbocycles. The Bertz CT molecular complexity index is 1270. The van der Waals surface area contributed by atoms with Crippen molar-refractivity contribution in [3.05, 3.63) is 54.0 Å². The average molecular weight is 458 g/mol. The van der Waals surface area contributed by atoms with Crippen LogP contribution < -0.4 is 10.0 Å². The second-order valence-electron chi connectivity index (χ2n) is 6.97. The monoisotopic (exact) mass is 457 g/mol. The first-order chi connectivity index (χ1) is 15.1. The van der Waals surface area contributed by atoms with E-state index in [9.17, 15) is 13.2 Å². The van der Waals surface area contributed by atoms with E-state index in [-0.39, 0.29) is 5.82 Å². The van der Waals surface area contributed by atoms with Gasteiger partial charge in [-0.1, -0.05) is 17.9 Å². The van der Waals surface area contributed by atoms with E-state index in [1.54, 1.807) is 57.4 Å². The van der Waals surface area contributed by atoms with E-state index in [4.69, 9.17) is 4.74 Å². The number of anilines is 2. The molecule has 3 aromatic heterocycles. The molecule has 3 aromatic rings. The molecule has 3 rings (SSSR count). The van der Waals surface area contributed by atoms with E-state index in [1.807, 2.05) is 0 Å². The van der Waals surface area contributed by atoms with E-state index < -0.39 is 22.2 Å². The van der Waals surface area contributed by atoms with Gasteiger partial charge in [0.1, 0.15) is 6.10 Å². The molecule has 12 heteroatoms.